The van der Waals surface area contributed by atoms with Crippen molar-refractivity contribution in [3.8, 4) is 6.07 Å². The highest BCUT2D eigenvalue weighted by atomic mass is 19.4. The van der Waals surface area contributed by atoms with Crippen LogP contribution in [0, 0.1) is 11.3 Å². The van der Waals surface area contributed by atoms with Gasteiger partial charge < -0.3 is 5.32 Å². The van der Waals surface area contributed by atoms with Crippen LogP contribution < -0.4 is 5.32 Å². The van der Waals surface area contributed by atoms with E-state index in [9.17, 15) is 13.2 Å². The molecule has 0 saturated carbocycles. The van der Waals surface area contributed by atoms with Gasteiger partial charge in [0.1, 0.15) is 5.70 Å². The van der Waals surface area contributed by atoms with Crippen LogP contribution in [0.15, 0.2) is 23.0 Å². The summed E-state index contributed by atoms with van der Waals surface area (Å²) in [6.45, 7) is 1.46. The van der Waals surface area contributed by atoms with Crippen molar-refractivity contribution >= 4 is 0 Å². The molecule has 1 aliphatic heterocycles. The average Bonchev–Trinajstić information content (AvgIpc) is 2.02. The maximum atomic E-state index is 12.1. The van der Waals surface area contributed by atoms with Crippen LogP contribution in [0.1, 0.15) is 13.3 Å². The van der Waals surface area contributed by atoms with Gasteiger partial charge in [-0.2, -0.15) is 18.4 Å². The lowest BCUT2D eigenvalue weighted by Gasteiger charge is -2.19. The molecule has 0 fully saturated rings. The van der Waals surface area contributed by atoms with Crippen molar-refractivity contribution in [1.29, 1.82) is 5.26 Å². The number of nitrogens with one attached hydrogen (secondary N) is 1. The van der Waals surface area contributed by atoms with E-state index in [4.69, 9.17) is 5.26 Å². The highest BCUT2D eigenvalue weighted by Crippen LogP contribution is 2.28. The van der Waals surface area contributed by atoms with E-state index < -0.39 is 11.9 Å². The smallest absolute Gasteiger partial charge is 0.355 e. The van der Waals surface area contributed by atoms with Crippen LogP contribution >= 0.6 is 0 Å². The summed E-state index contributed by atoms with van der Waals surface area (Å²) in [5.74, 6) is 0. The molecule has 0 aromatic heterocycles. The van der Waals surface area contributed by atoms with Crippen molar-refractivity contribution in [2.24, 2.45) is 0 Å². The SMILES string of the molecule is CC1=C(C#N)CC=C(C(F)(F)F)N1. The van der Waals surface area contributed by atoms with Crippen molar-refractivity contribution in [1.82, 2.24) is 5.32 Å². The van der Waals surface area contributed by atoms with Crippen molar-refractivity contribution in [3.63, 3.8) is 0 Å². The standard InChI is InChI=1S/C8H7F3N2/c1-5-6(4-12)2-3-7(13-5)8(9,10)11/h3,13H,2H2,1H3. The number of allylic oxidation sites excluding steroid dienone is 4. The molecule has 0 aromatic carbocycles. The monoisotopic (exact) mass is 188 g/mol. The predicted octanol–water partition coefficient (Wildman–Crippen LogP) is 2.22. The lowest BCUT2D eigenvalue weighted by atomic mass is 10.1. The number of rotatable bonds is 0. The summed E-state index contributed by atoms with van der Waals surface area (Å²) in [6.07, 6.45) is -3.34. The highest BCUT2D eigenvalue weighted by molar-refractivity contribution is 5.35. The summed E-state index contributed by atoms with van der Waals surface area (Å²) >= 11 is 0. The summed E-state index contributed by atoms with van der Waals surface area (Å²) in [6, 6.07) is 1.83. The van der Waals surface area contributed by atoms with E-state index in [1.165, 1.54) is 6.92 Å². The van der Waals surface area contributed by atoms with Crippen LogP contribution in [-0.2, 0) is 0 Å². The highest BCUT2D eigenvalue weighted by Gasteiger charge is 2.35. The first-order chi connectivity index (χ1) is 5.95. The van der Waals surface area contributed by atoms with Crippen LogP contribution in [0.25, 0.3) is 0 Å². The normalized spacial score (nSPS) is 17.6. The lowest BCUT2D eigenvalue weighted by molar-refractivity contribution is -0.0962. The average molecular weight is 188 g/mol. The molecule has 0 bridgehead atoms. The third-order valence-electron chi connectivity index (χ3n) is 1.73. The summed E-state index contributed by atoms with van der Waals surface area (Å²) < 4.78 is 36.3. The molecule has 0 spiro atoms. The molecule has 1 rings (SSSR count). The fourth-order valence-electron chi connectivity index (χ4n) is 1.00. The number of dihydropyridines is 1. The fraction of sp³-hybridized carbons (Fsp3) is 0.375. The molecular weight excluding hydrogens is 181 g/mol. The molecule has 0 amide bonds. The van der Waals surface area contributed by atoms with E-state index in [-0.39, 0.29) is 12.1 Å². The molecule has 5 heteroatoms. The maximum Gasteiger partial charge on any atom is 0.430 e. The van der Waals surface area contributed by atoms with E-state index in [2.05, 4.69) is 5.32 Å². The Hall–Kier alpha value is -1.44. The van der Waals surface area contributed by atoms with E-state index in [1.54, 1.807) is 0 Å². The molecule has 2 nitrogen and oxygen atoms in total. The van der Waals surface area contributed by atoms with Crippen LogP contribution in [-0.4, -0.2) is 6.18 Å². The Morgan fingerprint density at radius 1 is 1.54 bits per heavy atom. The van der Waals surface area contributed by atoms with Crippen LogP contribution in [0.2, 0.25) is 0 Å². The molecule has 1 heterocycles. The minimum atomic E-state index is -4.36. The van der Waals surface area contributed by atoms with Crippen LogP contribution in [0.3, 0.4) is 0 Å². The van der Waals surface area contributed by atoms with Gasteiger partial charge in [0.05, 0.1) is 11.6 Å². The summed E-state index contributed by atoms with van der Waals surface area (Å²) in [7, 11) is 0. The third kappa shape index (κ3) is 2.02. The van der Waals surface area contributed by atoms with Crippen molar-refractivity contribution in [2.75, 3.05) is 0 Å². The lowest BCUT2D eigenvalue weighted by Crippen LogP contribution is -2.27. The predicted molar refractivity (Wildman–Crippen MR) is 40.2 cm³/mol. The third-order valence-corrected chi connectivity index (χ3v) is 1.73. The Morgan fingerprint density at radius 3 is 2.54 bits per heavy atom. The zero-order valence-corrected chi connectivity index (χ0v) is 6.87. The molecule has 1 N–H and O–H groups in total. The van der Waals surface area contributed by atoms with E-state index in [0.717, 1.165) is 6.08 Å². The molecule has 0 aromatic rings. The number of halogens is 3. The zero-order chi connectivity index (χ0) is 10.1. The number of hydrogen-bond acceptors (Lipinski definition) is 2. The second kappa shape index (κ2) is 3.13. The zero-order valence-electron chi connectivity index (χ0n) is 6.87. The van der Waals surface area contributed by atoms with Gasteiger partial charge in [-0.15, -0.1) is 0 Å². The quantitative estimate of drug-likeness (QED) is 0.632. The van der Waals surface area contributed by atoms with Crippen LogP contribution in [0.5, 0.6) is 0 Å². The van der Waals surface area contributed by atoms with Crippen molar-refractivity contribution in [3.05, 3.63) is 23.0 Å². The van der Waals surface area contributed by atoms with Gasteiger partial charge in [0.25, 0.3) is 0 Å². The van der Waals surface area contributed by atoms with Gasteiger partial charge in [0.2, 0.25) is 0 Å². The van der Waals surface area contributed by atoms with Gasteiger partial charge in [-0.25, -0.2) is 0 Å². The van der Waals surface area contributed by atoms with Crippen LogP contribution in [0.4, 0.5) is 13.2 Å². The second-order valence-electron chi connectivity index (χ2n) is 2.66. The first-order valence-corrected chi connectivity index (χ1v) is 3.59. The Bertz CT molecular complexity index is 317. The van der Waals surface area contributed by atoms with E-state index in [1.807, 2.05) is 6.07 Å². The fourth-order valence-corrected chi connectivity index (χ4v) is 1.00. The Kier molecular flexibility index (Phi) is 2.32. The first-order valence-electron chi connectivity index (χ1n) is 3.59. The van der Waals surface area contributed by atoms with Gasteiger partial charge in [-0.3, -0.25) is 0 Å². The molecule has 0 saturated heterocycles. The number of alkyl halides is 3. The topological polar surface area (TPSA) is 35.8 Å². The van der Waals surface area contributed by atoms with Gasteiger partial charge in [0.15, 0.2) is 0 Å². The summed E-state index contributed by atoms with van der Waals surface area (Å²) in [5.41, 5.74) is -0.172. The van der Waals surface area contributed by atoms with Gasteiger partial charge >= 0.3 is 6.18 Å². The van der Waals surface area contributed by atoms with E-state index in [0.29, 0.717) is 5.57 Å². The molecule has 0 aliphatic carbocycles. The Morgan fingerprint density at radius 2 is 2.15 bits per heavy atom. The first kappa shape index (κ1) is 9.65. The molecule has 1 aliphatic rings. The van der Waals surface area contributed by atoms with E-state index >= 15 is 0 Å². The second-order valence-corrected chi connectivity index (χ2v) is 2.66. The Balaban J connectivity index is 2.84. The molecule has 70 valence electrons. The molecular formula is C8H7F3N2. The minimum Gasteiger partial charge on any atom is -0.355 e. The summed E-state index contributed by atoms with van der Waals surface area (Å²) in [4.78, 5) is 0. The molecule has 13 heavy (non-hydrogen) atoms. The number of hydrogen-bond donors (Lipinski definition) is 1. The van der Waals surface area contributed by atoms with Gasteiger partial charge in [-0.1, -0.05) is 6.08 Å². The van der Waals surface area contributed by atoms with Crippen molar-refractivity contribution in [2.45, 2.75) is 19.5 Å². The summed E-state index contributed by atoms with van der Waals surface area (Å²) in [5, 5.41) is 10.6. The largest absolute Gasteiger partial charge is 0.430 e. The number of nitrogens with zero attached hydrogens (tertiary/aromatic N) is 1. The Labute approximate surface area is 73.3 Å². The number of nitriles is 1. The molecule has 0 atom stereocenters. The van der Waals surface area contributed by atoms with Gasteiger partial charge in [0, 0.05) is 12.1 Å². The van der Waals surface area contributed by atoms with Crippen molar-refractivity contribution < 1.29 is 13.2 Å². The maximum absolute atomic E-state index is 12.1. The van der Waals surface area contributed by atoms with Gasteiger partial charge in [-0.05, 0) is 6.92 Å². The molecule has 0 unspecified atom stereocenters. The minimum absolute atomic E-state index is 0.0458. The molecule has 0 radical (unpaired) electrons.